The standard InChI is InChI=1S/C23H19N3O4/c1-13-10-19-21(11-14(13)2)30-23(25-19)17-5-4-6-18(12-17)24-22(27)16-7-8-20(26(28)29)15(3)9-16/h4-12H,1-3H3,(H,24,27). The van der Waals surface area contributed by atoms with Crippen LogP contribution in [0, 0.1) is 30.9 Å². The van der Waals surface area contributed by atoms with Crippen molar-refractivity contribution in [2.24, 2.45) is 0 Å². The Morgan fingerprint density at radius 3 is 2.50 bits per heavy atom. The van der Waals surface area contributed by atoms with Gasteiger partial charge in [0.1, 0.15) is 5.52 Å². The zero-order valence-corrected chi connectivity index (χ0v) is 16.7. The fourth-order valence-electron chi connectivity index (χ4n) is 3.24. The first-order chi connectivity index (χ1) is 14.3. The van der Waals surface area contributed by atoms with Gasteiger partial charge < -0.3 is 9.73 Å². The number of amides is 1. The van der Waals surface area contributed by atoms with Crippen LogP contribution in [0.5, 0.6) is 0 Å². The first-order valence-corrected chi connectivity index (χ1v) is 9.36. The molecule has 0 aliphatic heterocycles. The van der Waals surface area contributed by atoms with E-state index in [1.54, 1.807) is 25.1 Å². The first-order valence-electron chi connectivity index (χ1n) is 9.36. The molecule has 0 saturated heterocycles. The summed E-state index contributed by atoms with van der Waals surface area (Å²) in [4.78, 5) is 27.6. The summed E-state index contributed by atoms with van der Waals surface area (Å²) < 4.78 is 5.90. The minimum Gasteiger partial charge on any atom is -0.436 e. The number of hydrogen-bond acceptors (Lipinski definition) is 5. The molecule has 0 aliphatic carbocycles. The van der Waals surface area contributed by atoms with Crippen molar-refractivity contribution in [2.45, 2.75) is 20.8 Å². The lowest BCUT2D eigenvalue weighted by Crippen LogP contribution is -2.12. The van der Waals surface area contributed by atoms with Crippen molar-refractivity contribution in [3.8, 4) is 11.5 Å². The van der Waals surface area contributed by atoms with Gasteiger partial charge in [0.2, 0.25) is 5.89 Å². The highest BCUT2D eigenvalue weighted by Gasteiger charge is 2.15. The van der Waals surface area contributed by atoms with Crippen molar-refractivity contribution in [3.63, 3.8) is 0 Å². The van der Waals surface area contributed by atoms with Gasteiger partial charge >= 0.3 is 0 Å². The topological polar surface area (TPSA) is 98.3 Å². The molecule has 150 valence electrons. The van der Waals surface area contributed by atoms with Crippen LogP contribution in [-0.4, -0.2) is 15.8 Å². The van der Waals surface area contributed by atoms with E-state index in [2.05, 4.69) is 10.3 Å². The van der Waals surface area contributed by atoms with Gasteiger partial charge in [0.25, 0.3) is 11.6 Å². The molecule has 0 unspecified atom stereocenters. The van der Waals surface area contributed by atoms with Crippen molar-refractivity contribution in [2.75, 3.05) is 5.32 Å². The number of oxazole rings is 1. The third-order valence-corrected chi connectivity index (χ3v) is 5.03. The van der Waals surface area contributed by atoms with Crippen LogP contribution < -0.4 is 5.32 Å². The number of carbonyl (C=O) groups is 1. The largest absolute Gasteiger partial charge is 0.436 e. The Bertz CT molecular complexity index is 1270. The van der Waals surface area contributed by atoms with Crippen molar-refractivity contribution < 1.29 is 14.1 Å². The molecule has 1 amide bonds. The molecule has 0 fully saturated rings. The zero-order valence-electron chi connectivity index (χ0n) is 16.7. The maximum atomic E-state index is 12.6. The smallest absolute Gasteiger partial charge is 0.272 e. The minimum atomic E-state index is -0.468. The lowest BCUT2D eigenvalue weighted by Gasteiger charge is -2.07. The number of nitrogens with zero attached hydrogens (tertiary/aromatic N) is 2. The molecular formula is C23H19N3O4. The summed E-state index contributed by atoms with van der Waals surface area (Å²) in [6, 6.07) is 15.4. The molecule has 0 bridgehead atoms. The fourth-order valence-corrected chi connectivity index (χ4v) is 3.24. The third kappa shape index (κ3) is 3.65. The van der Waals surface area contributed by atoms with E-state index < -0.39 is 4.92 Å². The highest BCUT2D eigenvalue weighted by molar-refractivity contribution is 6.04. The number of carbonyl (C=O) groups excluding carboxylic acids is 1. The monoisotopic (exact) mass is 401 g/mol. The average molecular weight is 401 g/mol. The SMILES string of the molecule is Cc1cc2nc(-c3cccc(NC(=O)c4ccc([N+](=O)[O-])c(C)c4)c3)oc2cc1C. The Labute approximate surface area is 172 Å². The van der Waals surface area contributed by atoms with Crippen molar-refractivity contribution in [3.05, 3.63) is 87.0 Å². The summed E-state index contributed by atoms with van der Waals surface area (Å²) in [5.41, 5.74) is 5.83. The normalized spacial score (nSPS) is 10.9. The Morgan fingerprint density at radius 1 is 1.00 bits per heavy atom. The number of aryl methyl sites for hydroxylation is 3. The van der Waals surface area contributed by atoms with E-state index in [0.29, 0.717) is 28.3 Å². The van der Waals surface area contributed by atoms with Gasteiger partial charge in [-0.15, -0.1) is 0 Å². The van der Waals surface area contributed by atoms with Crippen LogP contribution in [0.15, 0.2) is 59.0 Å². The summed E-state index contributed by atoms with van der Waals surface area (Å²) in [6.45, 7) is 5.65. The molecule has 1 aromatic heterocycles. The van der Waals surface area contributed by atoms with Crippen LogP contribution >= 0.6 is 0 Å². The van der Waals surface area contributed by atoms with Gasteiger partial charge in [-0.2, -0.15) is 0 Å². The predicted octanol–water partition coefficient (Wildman–Crippen LogP) is 5.58. The second kappa shape index (κ2) is 7.44. The van der Waals surface area contributed by atoms with E-state index in [9.17, 15) is 14.9 Å². The van der Waals surface area contributed by atoms with Crippen molar-refractivity contribution in [1.82, 2.24) is 4.98 Å². The second-order valence-electron chi connectivity index (χ2n) is 7.22. The number of nitro groups is 1. The van der Waals surface area contributed by atoms with Gasteiger partial charge in [-0.05, 0) is 74.4 Å². The highest BCUT2D eigenvalue weighted by Crippen LogP contribution is 2.28. The van der Waals surface area contributed by atoms with Gasteiger partial charge in [0.05, 0.1) is 4.92 Å². The molecule has 4 rings (SSSR count). The van der Waals surface area contributed by atoms with E-state index >= 15 is 0 Å². The number of aromatic nitrogens is 1. The molecule has 7 heteroatoms. The number of nitro benzene ring substituents is 1. The maximum absolute atomic E-state index is 12.6. The van der Waals surface area contributed by atoms with E-state index in [1.807, 2.05) is 32.0 Å². The zero-order chi connectivity index (χ0) is 21.4. The molecule has 7 nitrogen and oxygen atoms in total. The predicted molar refractivity (Wildman–Crippen MR) is 115 cm³/mol. The van der Waals surface area contributed by atoms with Gasteiger partial charge in [-0.25, -0.2) is 4.98 Å². The van der Waals surface area contributed by atoms with Gasteiger partial charge in [-0.3, -0.25) is 14.9 Å². The van der Waals surface area contributed by atoms with Gasteiger partial charge in [-0.1, -0.05) is 6.07 Å². The molecule has 4 aromatic rings. The Hall–Kier alpha value is -4.00. The molecule has 0 radical (unpaired) electrons. The van der Waals surface area contributed by atoms with E-state index in [4.69, 9.17) is 4.42 Å². The van der Waals surface area contributed by atoms with Crippen LogP contribution in [0.2, 0.25) is 0 Å². The van der Waals surface area contributed by atoms with Gasteiger partial charge in [0, 0.05) is 28.4 Å². The Balaban J connectivity index is 1.60. The molecule has 0 aliphatic rings. The number of fused-ring (bicyclic) bond motifs is 1. The van der Waals surface area contributed by atoms with E-state index in [1.165, 1.54) is 18.2 Å². The third-order valence-electron chi connectivity index (χ3n) is 5.03. The van der Waals surface area contributed by atoms with Crippen molar-refractivity contribution in [1.29, 1.82) is 0 Å². The molecule has 30 heavy (non-hydrogen) atoms. The number of benzene rings is 3. The Morgan fingerprint density at radius 2 is 1.77 bits per heavy atom. The maximum Gasteiger partial charge on any atom is 0.272 e. The summed E-state index contributed by atoms with van der Waals surface area (Å²) in [6.07, 6.45) is 0. The Kier molecular flexibility index (Phi) is 4.79. The van der Waals surface area contributed by atoms with Crippen LogP contribution in [0.4, 0.5) is 11.4 Å². The van der Waals surface area contributed by atoms with Crippen LogP contribution in [0.3, 0.4) is 0 Å². The molecule has 1 N–H and O–H groups in total. The van der Waals surface area contributed by atoms with E-state index in [0.717, 1.165) is 22.2 Å². The molecule has 1 heterocycles. The number of rotatable bonds is 4. The van der Waals surface area contributed by atoms with Crippen LogP contribution in [-0.2, 0) is 0 Å². The number of anilines is 1. The molecule has 0 spiro atoms. The fraction of sp³-hybridized carbons (Fsp3) is 0.130. The molecule has 0 saturated carbocycles. The summed E-state index contributed by atoms with van der Waals surface area (Å²) in [5.74, 6) is 0.117. The minimum absolute atomic E-state index is 0.0185. The quantitative estimate of drug-likeness (QED) is 0.355. The molecule has 3 aromatic carbocycles. The molecular weight excluding hydrogens is 382 g/mol. The second-order valence-corrected chi connectivity index (χ2v) is 7.22. The van der Waals surface area contributed by atoms with Crippen LogP contribution in [0.25, 0.3) is 22.6 Å². The first kappa shape index (κ1) is 19.3. The van der Waals surface area contributed by atoms with Crippen molar-refractivity contribution >= 4 is 28.4 Å². The summed E-state index contributed by atoms with van der Waals surface area (Å²) >= 11 is 0. The average Bonchev–Trinajstić information content (AvgIpc) is 3.11. The summed E-state index contributed by atoms with van der Waals surface area (Å²) in [5, 5.41) is 13.8. The number of hydrogen-bond donors (Lipinski definition) is 1. The highest BCUT2D eigenvalue weighted by atomic mass is 16.6. The molecule has 0 atom stereocenters. The van der Waals surface area contributed by atoms with E-state index in [-0.39, 0.29) is 11.6 Å². The lowest BCUT2D eigenvalue weighted by atomic mass is 10.1. The van der Waals surface area contributed by atoms with Gasteiger partial charge in [0.15, 0.2) is 5.58 Å². The van der Waals surface area contributed by atoms with Crippen LogP contribution in [0.1, 0.15) is 27.0 Å². The number of nitrogens with one attached hydrogen (secondary N) is 1. The lowest BCUT2D eigenvalue weighted by molar-refractivity contribution is -0.385. The summed E-state index contributed by atoms with van der Waals surface area (Å²) in [7, 11) is 0.